The van der Waals surface area contributed by atoms with Crippen molar-refractivity contribution in [2.24, 2.45) is 11.8 Å². The summed E-state index contributed by atoms with van der Waals surface area (Å²) in [5.74, 6) is -3.19. The Morgan fingerprint density at radius 2 is 1.92 bits per heavy atom. The summed E-state index contributed by atoms with van der Waals surface area (Å²) in [4.78, 5) is 57.1. The number of rotatable bonds is 7. The summed E-state index contributed by atoms with van der Waals surface area (Å²) in [5.41, 5.74) is -1.31. The lowest BCUT2D eigenvalue weighted by molar-refractivity contribution is -0.158. The Morgan fingerprint density at radius 1 is 1.13 bits per heavy atom. The Bertz CT molecular complexity index is 1000. The Kier molecular flexibility index (Phi) is 9.31. The fourth-order valence-corrected chi connectivity index (χ4v) is 6.70. The van der Waals surface area contributed by atoms with Gasteiger partial charge in [-0.2, -0.15) is 0 Å². The zero-order chi connectivity index (χ0) is 27.4. The van der Waals surface area contributed by atoms with Gasteiger partial charge in [0.2, 0.25) is 17.7 Å². The van der Waals surface area contributed by atoms with Crippen LogP contribution in [0.25, 0.3) is 0 Å². The maximum atomic E-state index is 14.3. The lowest BCUT2D eigenvalue weighted by Crippen LogP contribution is -2.56. The van der Waals surface area contributed by atoms with Gasteiger partial charge in [-0.05, 0) is 32.3 Å². The molecule has 5 bridgehead atoms. The molecule has 0 aromatic heterocycles. The van der Waals surface area contributed by atoms with Gasteiger partial charge >= 0.3 is 5.97 Å². The van der Waals surface area contributed by atoms with Crippen molar-refractivity contribution in [3.8, 4) is 0 Å². The number of nitrogens with zero attached hydrogens (tertiary/aromatic N) is 2. The average molecular weight is 597 g/mol. The van der Waals surface area contributed by atoms with E-state index in [9.17, 15) is 24.3 Å². The van der Waals surface area contributed by atoms with Gasteiger partial charge in [0.1, 0.15) is 29.8 Å². The highest BCUT2D eigenvalue weighted by molar-refractivity contribution is 9.11. The molecule has 210 valence electrons. The number of carbonyl (C=O) groups excluding carboxylic acids is 4. The number of allylic oxidation sites excluding steroid dienone is 1. The number of aliphatic hydroxyl groups excluding tert-OH is 1. The average Bonchev–Trinajstić information content (AvgIpc) is 3.47. The first-order chi connectivity index (χ1) is 18.2. The van der Waals surface area contributed by atoms with Crippen molar-refractivity contribution in [1.82, 2.24) is 15.1 Å². The molecule has 4 heterocycles. The normalized spacial score (nSPS) is 34.7. The quantitative estimate of drug-likeness (QED) is 0.260. The van der Waals surface area contributed by atoms with E-state index >= 15 is 0 Å². The number of hydrogen-bond acceptors (Lipinski definition) is 7. The van der Waals surface area contributed by atoms with Gasteiger partial charge in [-0.25, -0.2) is 0 Å². The molecule has 10 nitrogen and oxygen atoms in total. The maximum absolute atomic E-state index is 14.3. The summed E-state index contributed by atoms with van der Waals surface area (Å²) in [6.45, 7) is 4.81. The highest BCUT2D eigenvalue weighted by atomic mass is 79.9. The van der Waals surface area contributed by atoms with E-state index in [1.807, 2.05) is 12.2 Å². The van der Waals surface area contributed by atoms with E-state index in [0.29, 0.717) is 30.4 Å². The minimum atomic E-state index is -1.31. The van der Waals surface area contributed by atoms with Crippen LogP contribution in [0.5, 0.6) is 0 Å². The number of unbranched alkanes of at least 4 members (excludes halogenated alkanes) is 2. The number of aliphatic hydroxyl groups is 1. The molecular weight excluding hydrogens is 558 g/mol. The third-order valence-corrected chi connectivity index (χ3v) is 8.45. The maximum Gasteiger partial charge on any atom is 0.313 e. The molecular formula is C27H38BrN3O7. The SMILES string of the molecule is CCCCCN1C/C=C\CCC(=O)NC[C@H](C)OC(=O)[C@H]2[C@@H]3O[C@@]4(C=C3Br)[C@@H]2C(=O)N(CCCO)[C@@H]4C1=O. The van der Waals surface area contributed by atoms with Crippen LogP contribution in [0.1, 0.15) is 52.4 Å². The van der Waals surface area contributed by atoms with E-state index in [1.165, 1.54) is 4.90 Å². The predicted octanol–water partition coefficient (Wildman–Crippen LogP) is 1.66. The third-order valence-electron chi connectivity index (χ3n) is 7.77. The van der Waals surface area contributed by atoms with Crippen LogP contribution in [-0.2, 0) is 28.7 Å². The summed E-state index contributed by atoms with van der Waals surface area (Å²) < 4.78 is 12.7. The Labute approximate surface area is 231 Å². The highest BCUT2D eigenvalue weighted by Gasteiger charge is 2.74. The molecule has 2 saturated heterocycles. The zero-order valence-corrected chi connectivity index (χ0v) is 23.7. The molecule has 38 heavy (non-hydrogen) atoms. The number of likely N-dealkylation sites (tertiary alicyclic amines) is 1. The molecule has 1 spiro atoms. The number of hydrogen-bond donors (Lipinski definition) is 2. The van der Waals surface area contributed by atoms with Crippen LogP contribution < -0.4 is 5.32 Å². The number of halogens is 1. The molecule has 4 aliphatic rings. The predicted molar refractivity (Wildman–Crippen MR) is 142 cm³/mol. The van der Waals surface area contributed by atoms with E-state index < -0.39 is 41.7 Å². The Morgan fingerprint density at radius 3 is 2.66 bits per heavy atom. The van der Waals surface area contributed by atoms with Crippen molar-refractivity contribution in [3.63, 3.8) is 0 Å². The molecule has 0 saturated carbocycles. The van der Waals surface area contributed by atoms with E-state index in [-0.39, 0.29) is 43.8 Å². The van der Waals surface area contributed by atoms with E-state index in [2.05, 4.69) is 28.2 Å². The number of ether oxygens (including phenoxy) is 2. The highest BCUT2D eigenvalue weighted by Crippen LogP contribution is 2.58. The minimum absolute atomic E-state index is 0.136. The first kappa shape index (κ1) is 28.8. The van der Waals surface area contributed by atoms with Gasteiger partial charge in [0, 0.05) is 37.1 Å². The van der Waals surface area contributed by atoms with E-state index in [0.717, 1.165) is 19.3 Å². The lowest BCUT2D eigenvalue weighted by Gasteiger charge is -2.36. The molecule has 2 N–H and O–H groups in total. The number of carbonyl (C=O) groups is 4. The standard InChI is InChI=1S/C27H38BrN3O7/c1-3-4-7-11-30-12-8-5-6-10-19(33)29-16-17(2)37-26(36)20-21-24(34)31(13-9-14-32)23(25(30)35)27(21)15-18(28)22(20)38-27/h5,8,15,17,20-23,32H,3-4,6-7,9-14,16H2,1-2H3,(H,29,33)/b8-5-/t17-,20+,21-,22+,23+,27-/m0/s1. The van der Waals surface area contributed by atoms with E-state index in [4.69, 9.17) is 9.47 Å². The summed E-state index contributed by atoms with van der Waals surface area (Å²) in [5, 5.41) is 12.3. The van der Waals surface area contributed by atoms with Crippen molar-refractivity contribution < 1.29 is 33.8 Å². The Balaban J connectivity index is 1.75. The van der Waals surface area contributed by atoms with Crippen LogP contribution in [0.3, 0.4) is 0 Å². The molecule has 4 aliphatic heterocycles. The van der Waals surface area contributed by atoms with Crippen LogP contribution in [0.4, 0.5) is 0 Å². The van der Waals surface area contributed by atoms with Crippen LogP contribution in [-0.4, -0.2) is 95.2 Å². The fourth-order valence-electron chi connectivity index (χ4n) is 5.96. The number of nitrogens with one attached hydrogen (secondary N) is 1. The molecule has 4 rings (SSSR count). The van der Waals surface area contributed by atoms with Crippen LogP contribution >= 0.6 is 15.9 Å². The number of amides is 3. The molecule has 0 radical (unpaired) electrons. The van der Waals surface area contributed by atoms with Crippen LogP contribution in [0.2, 0.25) is 0 Å². The van der Waals surface area contributed by atoms with Gasteiger partial charge < -0.3 is 29.7 Å². The summed E-state index contributed by atoms with van der Waals surface area (Å²) in [7, 11) is 0. The van der Waals surface area contributed by atoms with Crippen LogP contribution in [0, 0.1) is 11.8 Å². The second-order valence-corrected chi connectivity index (χ2v) is 11.4. The van der Waals surface area contributed by atoms with E-state index in [1.54, 1.807) is 17.9 Å². The molecule has 11 heteroatoms. The topological polar surface area (TPSA) is 125 Å². The molecule has 0 aromatic rings. The summed E-state index contributed by atoms with van der Waals surface area (Å²) >= 11 is 3.52. The zero-order valence-electron chi connectivity index (χ0n) is 22.1. The number of esters is 1. The van der Waals surface area contributed by atoms with Crippen molar-refractivity contribution in [2.45, 2.75) is 76.2 Å². The number of cyclic esters (lactones) is 1. The van der Waals surface area contributed by atoms with Crippen molar-refractivity contribution in [2.75, 3.05) is 32.8 Å². The fraction of sp³-hybridized carbons (Fsp3) is 0.704. The molecule has 2 fully saturated rings. The molecule has 0 aliphatic carbocycles. The van der Waals surface area contributed by atoms with Gasteiger partial charge in [-0.3, -0.25) is 19.2 Å². The second-order valence-electron chi connectivity index (χ2n) is 10.5. The molecule has 0 aromatic carbocycles. The molecule has 0 unspecified atom stereocenters. The van der Waals surface area contributed by atoms with Crippen molar-refractivity contribution >= 4 is 39.6 Å². The Hall–Kier alpha value is -2.24. The summed E-state index contributed by atoms with van der Waals surface area (Å²) in [6, 6.07) is -0.965. The largest absolute Gasteiger partial charge is 0.460 e. The van der Waals surface area contributed by atoms with Gasteiger partial charge in [0.25, 0.3) is 0 Å². The van der Waals surface area contributed by atoms with Gasteiger partial charge in [0.15, 0.2) is 0 Å². The lowest BCUT2D eigenvalue weighted by atomic mass is 9.74. The molecule has 3 amide bonds. The third kappa shape index (κ3) is 5.42. The first-order valence-corrected chi connectivity index (χ1v) is 14.4. The monoisotopic (exact) mass is 595 g/mol. The smallest absolute Gasteiger partial charge is 0.313 e. The number of fused-ring (bicyclic) bond motifs is 2. The van der Waals surface area contributed by atoms with Crippen LogP contribution in [0.15, 0.2) is 22.7 Å². The van der Waals surface area contributed by atoms with Gasteiger partial charge in [-0.15, -0.1) is 0 Å². The minimum Gasteiger partial charge on any atom is -0.460 e. The first-order valence-electron chi connectivity index (χ1n) is 13.6. The summed E-state index contributed by atoms with van der Waals surface area (Å²) in [6.07, 6.45) is 8.06. The van der Waals surface area contributed by atoms with Crippen molar-refractivity contribution in [1.29, 1.82) is 0 Å². The second kappa shape index (κ2) is 12.3. The van der Waals surface area contributed by atoms with Gasteiger partial charge in [0.05, 0.1) is 12.5 Å². The van der Waals surface area contributed by atoms with Gasteiger partial charge in [-0.1, -0.05) is 47.8 Å². The van der Waals surface area contributed by atoms with Crippen molar-refractivity contribution in [3.05, 3.63) is 22.7 Å². The molecule has 6 atom stereocenters.